The fourth-order valence-electron chi connectivity index (χ4n) is 1.35. The minimum absolute atomic E-state index is 0.00804. The SMILES string of the molecule is CCOCCC(=O)Nc1cc(F)c(F)cc1C(=O)O. The fraction of sp³-hybridized carbons (Fsp3) is 0.333. The van der Waals surface area contributed by atoms with E-state index in [0.29, 0.717) is 18.7 Å². The van der Waals surface area contributed by atoms with Crippen molar-refractivity contribution in [3.05, 3.63) is 29.3 Å². The van der Waals surface area contributed by atoms with Crippen LogP contribution >= 0.6 is 0 Å². The third-order valence-corrected chi connectivity index (χ3v) is 2.24. The highest BCUT2D eigenvalue weighted by atomic mass is 19.2. The standard InChI is InChI=1S/C12H13F2NO4/c1-2-19-4-3-11(16)15-10-6-9(14)8(13)5-7(10)12(17)18/h5-6H,2-4H2,1H3,(H,15,16)(H,17,18). The van der Waals surface area contributed by atoms with Gasteiger partial charge in [-0.25, -0.2) is 13.6 Å². The van der Waals surface area contributed by atoms with Crippen molar-refractivity contribution >= 4 is 17.6 Å². The molecule has 0 radical (unpaired) electrons. The normalized spacial score (nSPS) is 10.3. The lowest BCUT2D eigenvalue weighted by Crippen LogP contribution is -2.17. The van der Waals surface area contributed by atoms with Gasteiger partial charge in [0.2, 0.25) is 5.91 Å². The molecule has 1 amide bonds. The number of carbonyl (C=O) groups is 2. The van der Waals surface area contributed by atoms with Crippen LogP contribution in [0, 0.1) is 11.6 Å². The van der Waals surface area contributed by atoms with E-state index in [4.69, 9.17) is 9.84 Å². The number of halogens is 2. The molecular formula is C12H13F2NO4. The zero-order valence-corrected chi connectivity index (χ0v) is 10.2. The first kappa shape index (κ1) is 15.0. The van der Waals surface area contributed by atoms with Gasteiger partial charge in [0, 0.05) is 12.7 Å². The Balaban J connectivity index is 2.84. The molecule has 0 aliphatic heterocycles. The van der Waals surface area contributed by atoms with Gasteiger partial charge in [0.1, 0.15) is 0 Å². The van der Waals surface area contributed by atoms with Crippen molar-refractivity contribution in [3.63, 3.8) is 0 Å². The second-order valence-electron chi connectivity index (χ2n) is 3.61. The fourth-order valence-corrected chi connectivity index (χ4v) is 1.35. The largest absolute Gasteiger partial charge is 0.478 e. The van der Waals surface area contributed by atoms with Crippen molar-refractivity contribution in [2.45, 2.75) is 13.3 Å². The molecule has 0 saturated carbocycles. The highest BCUT2D eigenvalue weighted by Crippen LogP contribution is 2.20. The number of hydrogen-bond acceptors (Lipinski definition) is 3. The summed E-state index contributed by atoms with van der Waals surface area (Å²) in [5.74, 6) is -4.52. The maximum absolute atomic E-state index is 13.0. The van der Waals surface area contributed by atoms with E-state index in [1.807, 2.05) is 0 Å². The van der Waals surface area contributed by atoms with Gasteiger partial charge in [0.25, 0.3) is 0 Å². The summed E-state index contributed by atoms with van der Waals surface area (Å²) in [6, 6.07) is 1.16. The molecule has 19 heavy (non-hydrogen) atoms. The minimum Gasteiger partial charge on any atom is -0.478 e. The first-order valence-electron chi connectivity index (χ1n) is 5.55. The van der Waals surface area contributed by atoms with Crippen LogP contribution in [-0.4, -0.2) is 30.2 Å². The molecule has 104 valence electrons. The molecule has 0 spiro atoms. The van der Waals surface area contributed by atoms with Crippen molar-refractivity contribution < 1.29 is 28.2 Å². The molecule has 1 aromatic carbocycles. The maximum Gasteiger partial charge on any atom is 0.337 e. The number of nitrogens with one attached hydrogen (secondary N) is 1. The Morgan fingerprint density at radius 3 is 2.53 bits per heavy atom. The molecule has 0 unspecified atom stereocenters. The summed E-state index contributed by atoms with van der Waals surface area (Å²) >= 11 is 0. The number of carboxylic acid groups (broad SMARTS) is 1. The van der Waals surface area contributed by atoms with Crippen molar-refractivity contribution in [1.82, 2.24) is 0 Å². The lowest BCUT2D eigenvalue weighted by Gasteiger charge is -2.09. The zero-order chi connectivity index (χ0) is 14.4. The van der Waals surface area contributed by atoms with Gasteiger partial charge in [0.15, 0.2) is 11.6 Å². The Morgan fingerprint density at radius 2 is 1.95 bits per heavy atom. The van der Waals surface area contributed by atoms with Gasteiger partial charge in [-0.05, 0) is 13.0 Å². The van der Waals surface area contributed by atoms with Crippen LogP contribution in [0.1, 0.15) is 23.7 Å². The summed E-state index contributed by atoms with van der Waals surface area (Å²) in [7, 11) is 0. The van der Waals surface area contributed by atoms with Gasteiger partial charge in [-0.1, -0.05) is 0 Å². The van der Waals surface area contributed by atoms with Gasteiger partial charge in [0.05, 0.1) is 24.3 Å². The van der Waals surface area contributed by atoms with Crippen molar-refractivity contribution in [2.24, 2.45) is 0 Å². The molecule has 1 rings (SSSR count). The summed E-state index contributed by atoms with van der Waals surface area (Å²) in [5.41, 5.74) is -0.795. The molecule has 7 heteroatoms. The molecule has 5 nitrogen and oxygen atoms in total. The average molecular weight is 273 g/mol. The summed E-state index contributed by atoms with van der Waals surface area (Å²) in [4.78, 5) is 22.3. The van der Waals surface area contributed by atoms with Crippen molar-refractivity contribution in [3.8, 4) is 0 Å². The highest BCUT2D eigenvalue weighted by molar-refractivity contribution is 6.00. The predicted molar refractivity (Wildman–Crippen MR) is 63.1 cm³/mol. The molecule has 0 aromatic heterocycles. The minimum atomic E-state index is -1.46. The number of carboxylic acids is 1. The molecule has 0 saturated heterocycles. The number of amides is 1. The molecule has 1 aromatic rings. The second-order valence-corrected chi connectivity index (χ2v) is 3.61. The lowest BCUT2D eigenvalue weighted by atomic mass is 10.1. The van der Waals surface area contributed by atoms with Crippen LogP contribution in [0.4, 0.5) is 14.5 Å². The number of benzene rings is 1. The quantitative estimate of drug-likeness (QED) is 0.777. The van der Waals surface area contributed by atoms with Crippen LogP contribution in [-0.2, 0) is 9.53 Å². The van der Waals surface area contributed by atoms with E-state index in [1.54, 1.807) is 6.92 Å². The first-order valence-corrected chi connectivity index (χ1v) is 5.55. The molecular weight excluding hydrogens is 260 g/mol. The van der Waals surface area contributed by atoms with E-state index in [2.05, 4.69) is 5.32 Å². The summed E-state index contributed by atoms with van der Waals surface area (Å²) in [6.07, 6.45) is -0.00804. The van der Waals surface area contributed by atoms with Crippen LogP contribution in [0.3, 0.4) is 0 Å². The average Bonchev–Trinajstić information content (AvgIpc) is 2.33. The molecule has 2 N–H and O–H groups in total. The van der Waals surface area contributed by atoms with E-state index in [-0.39, 0.29) is 18.7 Å². The summed E-state index contributed by atoms with van der Waals surface area (Å²) in [5, 5.41) is 11.1. The molecule has 0 aliphatic rings. The van der Waals surface area contributed by atoms with Crippen LogP contribution in [0.5, 0.6) is 0 Å². The van der Waals surface area contributed by atoms with Gasteiger partial charge in [-0.2, -0.15) is 0 Å². The van der Waals surface area contributed by atoms with E-state index < -0.39 is 29.1 Å². The number of carbonyl (C=O) groups excluding carboxylic acids is 1. The number of hydrogen-bond donors (Lipinski definition) is 2. The Labute approximate surface area is 108 Å². The van der Waals surface area contributed by atoms with Crippen LogP contribution < -0.4 is 5.32 Å². The molecule has 0 bridgehead atoms. The van der Waals surface area contributed by atoms with E-state index in [0.717, 1.165) is 0 Å². The predicted octanol–water partition coefficient (Wildman–Crippen LogP) is 2.03. The number of rotatable bonds is 6. The van der Waals surface area contributed by atoms with Crippen LogP contribution in [0.15, 0.2) is 12.1 Å². The van der Waals surface area contributed by atoms with Crippen LogP contribution in [0.25, 0.3) is 0 Å². The Kier molecular flexibility index (Phi) is 5.37. The number of aromatic carboxylic acids is 1. The molecule has 0 atom stereocenters. The molecule has 0 heterocycles. The zero-order valence-electron chi connectivity index (χ0n) is 10.2. The second kappa shape index (κ2) is 6.79. The lowest BCUT2D eigenvalue weighted by molar-refractivity contribution is -0.117. The van der Waals surface area contributed by atoms with Crippen molar-refractivity contribution in [2.75, 3.05) is 18.5 Å². The van der Waals surface area contributed by atoms with Gasteiger partial charge in [-0.3, -0.25) is 4.79 Å². The monoisotopic (exact) mass is 273 g/mol. The van der Waals surface area contributed by atoms with E-state index >= 15 is 0 Å². The van der Waals surface area contributed by atoms with E-state index in [1.165, 1.54) is 0 Å². The maximum atomic E-state index is 13.0. The third kappa shape index (κ3) is 4.29. The molecule has 0 fully saturated rings. The topological polar surface area (TPSA) is 75.6 Å². The Morgan fingerprint density at radius 1 is 1.32 bits per heavy atom. The first-order chi connectivity index (χ1) is 8.95. The Hall–Kier alpha value is -2.02. The van der Waals surface area contributed by atoms with E-state index in [9.17, 15) is 18.4 Å². The van der Waals surface area contributed by atoms with Gasteiger partial charge >= 0.3 is 5.97 Å². The van der Waals surface area contributed by atoms with Gasteiger partial charge in [-0.15, -0.1) is 0 Å². The van der Waals surface area contributed by atoms with Gasteiger partial charge < -0.3 is 15.2 Å². The number of ether oxygens (including phenoxy) is 1. The smallest absolute Gasteiger partial charge is 0.337 e. The Bertz CT molecular complexity index is 491. The summed E-state index contributed by atoms with van der Waals surface area (Å²) in [6.45, 7) is 2.36. The number of anilines is 1. The van der Waals surface area contributed by atoms with Crippen LogP contribution in [0.2, 0.25) is 0 Å². The third-order valence-electron chi connectivity index (χ3n) is 2.24. The van der Waals surface area contributed by atoms with Crippen molar-refractivity contribution in [1.29, 1.82) is 0 Å². The highest BCUT2D eigenvalue weighted by Gasteiger charge is 2.16. The molecule has 0 aliphatic carbocycles. The summed E-state index contributed by atoms with van der Waals surface area (Å²) < 4.78 is 30.9.